The number of aromatic nitrogens is 1. The summed E-state index contributed by atoms with van der Waals surface area (Å²) in [5, 5.41) is 9.34. The molecular formula is C36H48F4N4O5. The smallest absolute Gasteiger partial charge is 0.324 e. The van der Waals surface area contributed by atoms with Crippen molar-refractivity contribution >= 4 is 17.6 Å². The Morgan fingerprint density at radius 2 is 1.71 bits per heavy atom. The highest BCUT2D eigenvalue weighted by molar-refractivity contribution is 6.00. The van der Waals surface area contributed by atoms with Crippen LogP contribution in [0.2, 0.25) is 0 Å². The number of carboxylic acid groups (broad SMARTS) is 1. The third-order valence-corrected chi connectivity index (χ3v) is 10.3. The van der Waals surface area contributed by atoms with Gasteiger partial charge >= 0.3 is 18.3 Å². The first-order valence-corrected chi connectivity index (χ1v) is 17.4. The van der Waals surface area contributed by atoms with Crippen LogP contribution in [0.4, 0.5) is 23.2 Å². The number of alkyl halides is 4. The molecule has 6 rings (SSSR count). The first kappa shape index (κ1) is 36.7. The number of methoxy groups -OCH3 is 1. The molecule has 0 radical (unpaired) electrons. The maximum absolute atomic E-state index is 14.1. The van der Waals surface area contributed by atoms with E-state index >= 15 is 0 Å². The number of rotatable bonds is 14. The van der Waals surface area contributed by atoms with E-state index in [-0.39, 0.29) is 23.8 Å². The minimum atomic E-state index is -4.31. The zero-order chi connectivity index (χ0) is 35.1. The molecule has 2 aromatic rings. The quantitative estimate of drug-likeness (QED) is 0.209. The summed E-state index contributed by atoms with van der Waals surface area (Å²) in [5.41, 5.74) is 7.01. The minimum Gasteiger partial charge on any atom is -0.497 e. The number of anilines is 1. The summed E-state index contributed by atoms with van der Waals surface area (Å²) in [7, 11) is 1.49. The van der Waals surface area contributed by atoms with Crippen LogP contribution in [0.15, 0.2) is 36.5 Å². The van der Waals surface area contributed by atoms with Gasteiger partial charge < -0.3 is 30.1 Å². The van der Waals surface area contributed by atoms with Gasteiger partial charge in [-0.2, -0.15) is 8.78 Å². The molecule has 1 amide bonds. The molecular weight excluding hydrogens is 644 g/mol. The number of amides is 1. The molecule has 1 unspecified atom stereocenters. The first-order valence-electron chi connectivity index (χ1n) is 17.4. The highest BCUT2D eigenvalue weighted by Gasteiger charge is 2.46. The fourth-order valence-corrected chi connectivity index (χ4v) is 6.56. The van der Waals surface area contributed by atoms with Crippen molar-refractivity contribution in [2.24, 2.45) is 17.6 Å². The van der Waals surface area contributed by atoms with Crippen LogP contribution in [0.1, 0.15) is 92.5 Å². The van der Waals surface area contributed by atoms with E-state index < -0.39 is 36.8 Å². The maximum Gasteiger partial charge on any atom is 0.324 e. The summed E-state index contributed by atoms with van der Waals surface area (Å²) in [4.78, 5) is 32.3. The molecule has 1 aromatic heterocycles. The molecule has 2 heterocycles. The number of hydrogen-bond acceptors (Lipinski definition) is 7. The average Bonchev–Trinajstić information content (AvgIpc) is 3.90. The van der Waals surface area contributed by atoms with Crippen LogP contribution in [-0.4, -0.2) is 84.6 Å². The SMILES string of the molecule is COc1ccc(C(=O)N(CC(F)(F)C(F)F)C2CCC2)c(N2CCC(COc3cc(C(CC(=O)O)C4CC4)ccn3)CC2)c1.NC1CCC1. The topological polar surface area (TPSA) is 118 Å². The molecule has 1 saturated heterocycles. The van der Waals surface area contributed by atoms with Crippen molar-refractivity contribution in [3.63, 3.8) is 0 Å². The van der Waals surface area contributed by atoms with Gasteiger partial charge in [-0.15, -0.1) is 0 Å². The molecule has 3 N–H and O–H groups in total. The molecule has 1 atom stereocenters. The van der Waals surface area contributed by atoms with Crippen LogP contribution in [-0.2, 0) is 4.79 Å². The normalized spacial score (nSPS) is 19.3. The van der Waals surface area contributed by atoms with Gasteiger partial charge in [-0.1, -0.05) is 6.42 Å². The highest BCUT2D eigenvalue weighted by atomic mass is 19.3. The Balaban J connectivity index is 0.000000858. The summed E-state index contributed by atoms with van der Waals surface area (Å²) < 4.78 is 65.9. The van der Waals surface area contributed by atoms with Crippen LogP contribution in [0.5, 0.6) is 11.6 Å². The van der Waals surface area contributed by atoms with E-state index in [1.54, 1.807) is 18.3 Å². The van der Waals surface area contributed by atoms with Gasteiger partial charge in [0.2, 0.25) is 5.88 Å². The predicted octanol–water partition coefficient (Wildman–Crippen LogP) is 6.75. The molecule has 4 fully saturated rings. The molecule has 1 aliphatic heterocycles. The Labute approximate surface area is 285 Å². The number of carbonyl (C=O) groups is 2. The van der Waals surface area contributed by atoms with E-state index in [2.05, 4.69) is 4.98 Å². The van der Waals surface area contributed by atoms with Gasteiger partial charge in [-0.3, -0.25) is 9.59 Å². The number of halogens is 4. The zero-order valence-electron chi connectivity index (χ0n) is 28.0. The number of carbonyl (C=O) groups excluding carboxylic acids is 1. The first-order chi connectivity index (χ1) is 23.4. The van der Waals surface area contributed by atoms with E-state index in [4.69, 9.17) is 15.2 Å². The van der Waals surface area contributed by atoms with Crippen LogP contribution in [0, 0.1) is 11.8 Å². The third kappa shape index (κ3) is 9.76. The highest BCUT2D eigenvalue weighted by Crippen LogP contribution is 2.45. The number of aliphatic carboxylic acids is 1. The lowest BCUT2D eigenvalue weighted by Gasteiger charge is -2.40. The van der Waals surface area contributed by atoms with Crippen molar-refractivity contribution in [3.8, 4) is 11.6 Å². The van der Waals surface area contributed by atoms with E-state index in [1.807, 2.05) is 17.0 Å². The maximum atomic E-state index is 14.1. The minimum absolute atomic E-state index is 0.0531. The summed E-state index contributed by atoms with van der Waals surface area (Å²) in [6.45, 7) is 0.216. The molecule has 3 saturated carbocycles. The Hall–Kier alpha value is -3.61. The van der Waals surface area contributed by atoms with Crippen molar-refractivity contribution in [1.82, 2.24) is 9.88 Å². The van der Waals surface area contributed by atoms with Gasteiger partial charge in [0.1, 0.15) is 5.75 Å². The number of pyridine rings is 1. The van der Waals surface area contributed by atoms with Gasteiger partial charge in [0.25, 0.3) is 5.91 Å². The standard InChI is InChI=1S/C32H39F4N3O5.C4H9N/c1-43-24-7-8-25(30(42)39(23-3-2-4-23)19-32(35,36)31(33)34)27(16-24)38-13-10-20(11-14-38)18-44-28-15-22(9-12-37-28)26(17-29(40)41)21-5-6-21;5-4-2-1-3-4/h7-9,12,15-16,20-21,23,26,31H,2-6,10-11,13-14,17-19H2,1H3,(H,40,41);4H,1-3,5H2. The zero-order valence-corrected chi connectivity index (χ0v) is 28.0. The van der Waals surface area contributed by atoms with E-state index in [0.717, 1.165) is 42.6 Å². The second kappa shape index (κ2) is 16.4. The number of piperidine rings is 1. The van der Waals surface area contributed by atoms with Crippen LogP contribution in [0.25, 0.3) is 0 Å². The van der Waals surface area contributed by atoms with Crippen LogP contribution in [0.3, 0.4) is 0 Å². The molecule has 0 spiro atoms. The Morgan fingerprint density at radius 3 is 2.24 bits per heavy atom. The summed E-state index contributed by atoms with van der Waals surface area (Å²) >= 11 is 0. The number of hydrogen-bond donors (Lipinski definition) is 2. The van der Waals surface area contributed by atoms with Crippen molar-refractivity contribution in [1.29, 1.82) is 0 Å². The lowest BCUT2D eigenvalue weighted by molar-refractivity contribution is -0.143. The van der Waals surface area contributed by atoms with Gasteiger partial charge in [0.05, 0.1) is 37.9 Å². The van der Waals surface area contributed by atoms with Gasteiger partial charge in [0.15, 0.2) is 0 Å². The summed E-state index contributed by atoms with van der Waals surface area (Å²) in [6.07, 6.45) is 7.01. The number of benzene rings is 1. The molecule has 9 nitrogen and oxygen atoms in total. The number of carboxylic acids is 1. The molecule has 270 valence electrons. The fourth-order valence-electron chi connectivity index (χ4n) is 6.56. The molecule has 4 aliphatic rings. The largest absolute Gasteiger partial charge is 0.497 e. The van der Waals surface area contributed by atoms with Crippen molar-refractivity contribution in [3.05, 3.63) is 47.7 Å². The number of ether oxygens (including phenoxy) is 2. The second-order valence-electron chi connectivity index (χ2n) is 13.9. The van der Waals surface area contributed by atoms with Gasteiger partial charge in [0, 0.05) is 43.5 Å². The van der Waals surface area contributed by atoms with E-state index in [9.17, 15) is 32.3 Å². The van der Waals surface area contributed by atoms with Crippen LogP contribution < -0.4 is 20.1 Å². The second-order valence-corrected chi connectivity index (χ2v) is 13.9. The number of nitrogens with zero attached hydrogens (tertiary/aromatic N) is 3. The predicted molar refractivity (Wildman–Crippen MR) is 177 cm³/mol. The molecule has 1 aromatic carbocycles. The Kier molecular flexibility index (Phi) is 12.3. The number of nitrogens with two attached hydrogens (primary N) is 1. The summed E-state index contributed by atoms with van der Waals surface area (Å²) in [5.74, 6) is -4.35. The Bertz CT molecular complexity index is 1410. The van der Waals surface area contributed by atoms with Crippen molar-refractivity contribution in [2.45, 2.75) is 101 Å². The Morgan fingerprint density at radius 1 is 1.04 bits per heavy atom. The molecule has 13 heteroatoms. The third-order valence-electron chi connectivity index (χ3n) is 10.3. The van der Waals surface area contributed by atoms with Gasteiger partial charge in [-0.25, -0.2) is 13.8 Å². The average molecular weight is 693 g/mol. The van der Waals surface area contributed by atoms with Crippen LogP contribution >= 0.6 is 0 Å². The molecule has 49 heavy (non-hydrogen) atoms. The lowest BCUT2D eigenvalue weighted by atomic mass is 9.90. The fraction of sp³-hybridized carbons (Fsp3) is 0.639. The van der Waals surface area contributed by atoms with E-state index in [1.165, 1.54) is 32.4 Å². The monoisotopic (exact) mass is 692 g/mol. The molecule has 3 aliphatic carbocycles. The molecule has 0 bridgehead atoms. The van der Waals surface area contributed by atoms with Crippen molar-refractivity contribution < 1.29 is 41.7 Å². The van der Waals surface area contributed by atoms with Gasteiger partial charge in [-0.05, 0) is 99.3 Å². The summed E-state index contributed by atoms with van der Waals surface area (Å²) in [6, 6.07) is 8.54. The lowest BCUT2D eigenvalue weighted by Crippen LogP contribution is -2.51. The van der Waals surface area contributed by atoms with E-state index in [0.29, 0.717) is 61.8 Å². The van der Waals surface area contributed by atoms with Crippen molar-refractivity contribution in [2.75, 3.05) is 38.3 Å².